The van der Waals surface area contributed by atoms with Crippen LogP contribution in [0.1, 0.15) is 11.3 Å². The third-order valence-corrected chi connectivity index (χ3v) is 7.35. The molecule has 3 atom stereocenters. The number of anilines is 1. The Bertz CT molecular complexity index is 1280. The largest absolute Gasteiger partial charge is 0.383 e. The molecule has 10 heteroatoms. The molecule has 194 valence electrons. The van der Waals surface area contributed by atoms with Crippen LogP contribution in [0.4, 0.5) is 23.7 Å². The molecule has 7 nitrogen and oxygen atoms in total. The first-order valence-electron chi connectivity index (χ1n) is 12.1. The van der Waals surface area contributed by atoms with Crippen molar-refractivity contribution >= 4 is 11.7 Å². The second kappa shape index (κ2) is 9.77. The fraction of sp³-hybridized carbons (Fsp3) is 0.333. The van der Waals surface area contributed by atoms with E-state index in [1.54, 1.807) is 35.4 Å². The van der Waals surface area contributed by atoms with Gasteiger partial charge in [-0.05, 0) is 36.9 Å². The monoisotopic (exact) mass is 511 g/mol. The van der Waals surface area contributed by atoms with Crippen molar-refractivity contribution in [1.29, 1.82) is 0 Å². The zero-order valence-electron chi connectivity index (χ0n) is 20.3. The lowest BCUT2D eigenvalue weighted by molar-refractivity contribution is -0.155. The Labute approximate surface area is 212 Å². The highest BCUT2D eigenvalue weighted by atomic mass is 19.1. The van der Waals surface area contributed by atoms with Crippen molar-refractivity contribution in [3.8, 4) is 11.1 Å². The summed E-state index contributed by atoms with van der Waals surface area (Å²) in [5.41, 5.74) is 6.44. The smallest absolute Gasteiger partial charge is 0.321 e. The van der Waals surface area contributed by atoms with Crippen LogP contribution in [0.15, 0.2) is 54.7 Å². The van der Waals surface area contributed by atoms with E-state index in [1.165, 1.54) is 6.07 Å². The third kappa shape index (κ3) is 4.79. The van der Waals surface area contributed by atoms with Gasteiger partial charge in [0.2, 0.25) is 0 Å². The molecule has 2 aliphatic rings. The minimum absolute atomic E-state index is 0.0228. The number of urea groups is 1. The fourth-order valence-electron chi connectivity index (χ4n) is 5.56. The topological polar surface area (TPSA) is 94.7 Å². The van der Waals surface area contributed by atoms with E-state index in [2.05, 4.69) is 15.2 Å². The summed E-state index contributed by atoms with van der Waals surface area (Å²) < 4.78 is 41.7. The Balaban J connectivity index is 1.37. The lowest BCUT2D eigenvalue weighted by Gasteiger charge is -2.54. The predicted octanol–water partition coefficient (Wildman–Crippen LogP) is 3.54. The summed E-state index contributed by atoms with van der Waals surface area (Å²) in [6.45, 7) is 1.72. The molecule has 1 unspecified atom stereocenters. The van der Waals surface area contributed by atoms with E-state index in [1.807, 2.05) is 7.05 Å². The number of hydrogen-bond acceptors (Lipinski definition) is 5. The molecule has 3 aromatic rings. The van der Waals surface area contributed by atoms with Gasteiger partial charge in [0.1, 0.15) is 23.1 Å². The summed E-state index contributed by atoms with van der Waals surface area (Å²) in [4.78, 5) is 21.1. The second-order valence-electron chi connectivity index (χ2n) is 9.88. The predicted molar refractivity (Wildman–Crippen MR) is 133 cm³/mol. The molecular formula is C27H28F3N5O2. The highest BCUT2D eigenvalue weighted by Gasteiger charge is 2.54. The van der Waals surface area contributed by atoms with Gasteiger partial charge < -0.3 is 26.0 Å². The first kappa shape index (κ1) is 25.2. The Morgan fingerprint density at radius 2 is 1.73 bits per heavy atom. The molecule has 2 aliphatic heterocycles. The number of nitrogens with zero attached hydrogens (tertiary/aromatic N) is 3. The van der Waals surface area contributed by atoms with Gasteiger partial charge in [-0.1, -0.05) is 18.2 Å². The van der Waals surface area contributed by atoms with E-state index in [0.717, 1.165) is 18.2 Å². The van der Waals surface area contributed by atoms with Gasteiger partial charge in [0.25, 0.3) is 0 Å². The number of fused-ring (bicyclic) bond motifs is 2. The van der Waals surface area contributed by atoms with Gasteiger partial charge in [-0.3, -0.25) is 4.98 Å². The van der Waals surface area contributed by atoms with Crippen molar-refractivity contribution in [2.45, 2.75) is 12.1 Å². The number of nitrogens with one attached hydrogen (secondary N) is 1. The fourth-order valence-corrected chi connectivity index (χ4v) is 5.56. The lowest BCUT2D eigenvalue weighted by Crippen LogP contribution is -2.66. The highest BCUT2D eigenvalue weighted by molar-refractivity contribution is 5.89. The maximum absolute atomic E-state index is 14.6. The molecule has 37 heavy (non-hydrogen) atoms. The molecule has 1 aromatic heterocycles. The number of rotatable bonds is 4. The summed E-state index contributed by atoms with van der Waals surface area (Å²) in [7, 11) is 1.95. The number of pyridine rings is 1. The van der Waals surface area contributed by atoms with Crippen LogP contribution in [0.5, 0.6) is 0 Å². The maximum Gasteiger partial charge on any atom is 0.321 e. The Morgan fingerprint density at radius 1 is 1.05 bits per heavy atom. The number of amides is 2. The van der Waals surface area contributed by atoms with Crippen molar-refractivity contribution in [1.82, 2.24) is 14.8 Å². The standard InChI is InChI=1S/C27H28F3N5O2/c1-34-12-18-14-35(26(36)33-22-8-20(28)7-21(29)9-22)15-19(13-34)27(18,37)25-5-3-17(11-32-25)23-4-2-16(10-31)6-24(23)30/h2-9,11,18-19,37H,10,12-15,31H2,1H3,(H,33,36)/t18-,19+,27?. The van der Waals surface area contributed by atoms with Crippen LogP contribution in [-0.2, 0) is 12.1 Å². The highest BCUT2D eigenvalue weighted by Crippen LogP contribution is 2.44. The molecule has 2 aromatic carbocycles. The molecular weight excluding hydrogens is 483 g/mol. The van der Waals surface area contributed by atoms with Crippen molar-refractivity contribution in [3.63, 3.8) is 0 Å². The summed E-state index contributed by atoms with van der Waals surface area (Å²) in [6.07, 6.45) is 1.55. The number of likely N-dealkylation sites (tertiary alicyclic amines) is 2. The van der Waals surface area contributed by atoms with Crippen LogP contribution in [0, 0.1) is 29.3 Å². The van der Waals surface area contributed by atoms with Gasteiger partial charge in [0.05, 0.1) is 5.69 Å². The van der Waals surface area contributed by atoms with E-state index < -0.39 is 29.1 Å². The van der Waals surface area contributed by atoms with E-state index in [-0.39, 0.29) is 37.2 Å². The van der Waals surface area contributed by atoms with Crippen LogP contribution in [-0.4, -0.2) is 59.1 Å². The van der Waals surface area contributed by atoms with Crippen molar-refractivity contribution in [2.24, 2.45) is 17.6 Å². The molecule has 0 spiro atoms. The average Bonchev–Trinajstić information content (AvgIpc) is 2.84. The molecule has 2 amide bonds. The normalized spacial score (nSPS) is 23.7. The molecule has 0 radical (unpaired) electrons. The van der Waals surface area contributed by atoms with E-state index in [4.69, 9.17) is 5.73 Å². The number of halogens is 3. The number of aliphatic hydroxyl groups is 1. The summed E-state index contributed by atoms with van der Waals surface area (Å²) >= 11 is 0. The summed E-state index contributed by atoms with van der Waals surface area (Å²) in [5.74, 6) is -2.69. The number of aromatic nitrogens is 1. The molecule has 2 fully saturated rings. The van der Waals surface area contributed by atoms with E-state index in [9.17, 15) is 23.1 Å². The third-order valence-electron chi connectivity index (χ3n) is 7.35. The maximum atomic E-state index is 14.6. The number of hydrogen-bond donors (Lipinski definition) is 3. The van der Waals surface area contributed by atoms with E-state index >= 15 is 0 Å². The Kier molecular flexibility index (Phi) is 6.65. The average molecular weight is 512 g/mol. The van der Waals surface area contributed by atoms with E-state index in [0.29, 0.717) is 35.5 Å². The molecule has 0 saturated carbocycles. The first-order valence-corrected chi connectivity index (χ1v) is 12.1. The van der Waals surface area contributed by atoms with Crippen LogP contribution in [0.3, 0.4) is 0 Å². The number of carbonyl (C=O) groups excluding carboxylic acids is 1. The van der Waals surface area contributed by atoms with Gasteiger partial charge in [-0.15, -0.1) is 0 Å². The Hall–Kier alpha value is -3.47. The van der Waals surface area contributed by atoms with Gasteiger partial charge >= 0.3 is 6.03 Å². The zero-order valence-corrected chi connectivity index (χ0v) is 20.3. The van der Waals surface area contributed by atoms with Crippen LogP contribution < -0.4 is 11.1 Å². The van der Waals surface area contributed by atoms with Gasteiger partial charge in [-0.25, -0.2) is 18.0 Å². The molecule has 2 saturated heterocycles. The number of nitrogens with two attached hydrogens (primary N) is 1. The summed E-state index contributed by atoms with van der Waals surface area (Å²) in [6, 6.07) is 10.6. The number of benzene rings is 2. The SMILES string of the molecule is CN1C[C@@H]2CN(C(=O)Nc3cc(F)cc(F)c3)C[C@H](C1)C2(O)c1ccc(-c2ccc(CN)cc2F)cn1. The molecule has 5 rings (SSSR count). The number of carbonyl (C=O) groups is 1. The molecule has 3 heterocycles. The van der Waals surface area contributed by atoms with Gasteiger partial charge in [0.15, 0.2) is 0 Å². The van der Waals surface area contributed by atoms with Crippen molar-refractivity contribution < 1.29 is 23.1 Å². The quantitative estimate of drug-likeness (QED) is 0.498. The van der Waals surface area contributed by atoms with Crippen LogP contribution >= 0.6 is 0 Å². The minimum Gasteiger partial charge on any atom is -0.383 e. The molecule has 4 N–H and O–H groups in total. The van der Waals surface area contributed by atoms with Gasteiger partial charge in [-0.2, -0.15) is 0 Å². The first-order chi connectivity index (χ1) is 17.7. The molecule has 0 aliphatic carbocycles. The van der Waals surface area contributed by atoms with Crippen molar-refractivity contribution in [3.05, 3.63) is 83.4 Å². The zero-order chi connectivity index (χ0) is 26.3. The van der Waals surface area contributed by atoms with Crippen LogP contribution in [0.2, 0.25) is 0 Å². The van der Waals surface area contributed by atoms with Crippen LogP contribution in [0.25, 0.3) is 11.1 Å². The second-order valence-corrected chi connectivity index (χ2v) is 9.88. The summed E-state index contributed by atoms with van der Waals surface area (Å²) in [5, 5.41) is 14.5. The lowest BCUT2D eigenvalue weighted by atomic mass is 9.68. The van der Waals surface area contributed by atoms with Crippen molar-refractivity contribution in [2.75, 3.05) is 38.5 Å². The Morgan fingerprint density at radius 3 is 2.30 bits per heavy atom. The number of piperidine rings is 2. The van der Waals surface area contributed by atoms with Gasteiger partial charge in [0, 0.05) is 73.6 Å². The minimum atomic E-state index is -1.30. The molecule has 2 bridgehead atoms.